The molecule has 6 heteroatoms. The van der Waals surface area contributed by atoms with Crippen molar-refractivity contribution in [3.8, 4) is 5.75 Å². The van der Waals surface area contributed by atoms with Crippen LogP contribution in [0.5, 0.6) is 5.75 Å². The van der Waals surface area contributed by atoms with Crippen LogP contribution >= 0.6 is 23.7 Å². The number of carbonyl (C=O) groups is 1. The molecule has 0 saturated heterocycles. The van der Waals surface area contributed by atoms with Gasteiger partial charge in [0.2, 0.25) is 0 Å². The number of anilines is 2. The largest absolute Gasteiger partial charge is 0.495 e. The molecule has 0 aliphatic carbocycles. The summed E-state index contributed by atoms with van der Waals surface area (Å²) in [5.74, 6) is 0.624. The number of halogens is 1. The molecule has 0 fully saturated rings. The molecule has 2 heterocycles. The van der Waals surface area contributed by atoms with E-state index in [4.69, 9.17) is 10.5 Å². The smallest absolute Gasteiger partial charge is 0.272 e. The van der Waals surface area contributed by atoms with Crippen LogP contribution in [0, 0.1) is 0 Å². The first-order chi connectivity index (χ1) is 9.72. The highest BCUT2D eigenvalue weighted by atomic mass is 35.5. The van der Waals surface area contributed by atoms with Gasteiger partial charge in [-0.15, -0.1) is 23.7 Å². The lowest BCUT2D eigenvalue weighted by Gasteiger charge is -2.30. The van der Waals surface area contributed by atoms with Crippen molar-refractivity contribution in [3.05, 3.63) is 40.1 Å². The van der Waals surface area contributed by atoms with Crippen molar-refractivity contribution in [2.45, 2.75) is 12.8 Å². The number of thiophene rings is 1. The number of rotatable bonds is 2. The van der Waals surface area contributed by atoms with Gasteiger partial charge >= 0.3 is 0 Å². The molecule has 3 rings (SSSR count). The molecule has 1 amide bonds. The average molecular weight is 325 g/mol. The molecule has 2 N–H and O–H groups in total. The number of benzene rings is 1. The Bertz CT molecular complexity index is 657. The molecule has 0 saturated carbocycles. The van der Waals surface area contributed by atoms with Crippen LogP contribution in [-0.2, 0) is 6.42 Å². The number of hydrogen-bond donors (Lipinski definition) is 1. The number of hydrogen-bond acceptors (Lipinski definition) is 4. The van der Waals surface area contributed by atoms with Crippen LogP contribution in [0.4, 0.5) is 11.4 Å². The Hall–Kier alpha value is -1.72. The van der Waals surface area contributed by atoms with E-state index >= 15 is 0 Å². The van der Waals surface area contributed by atoms with Gasteiger partial charge in [-0.25, -0.2) is 0 Å². The number of amides is 1. The summed E-state index contributed by atoms with van der Waals surface area (Å²) in [5, 5.41) is 1.87. The lowest BCUT2D eigenvalue weighted by Crippen LogP contribution is -2.35. The predicted octanol–water partition coefficient (Wildman–Crippen LogP) is 3.35. The maximum Gasteiger partial charge on any atom is 0.272 e. The van der Waals surface area contributed by atoms with Gasteiger partial charge in [0.1, 0.15) is 10.6 Å². The second-order valence-electron chi connectivity index (χ2n) is 4.72. The van der Waals surface area contributed by atoms with Gasteiger partial charge in [-0.1, -0.05) is 6.07 Å². The molecule has 0 unspecified atom stereocenters. The predicted molar refractivity (Wildman–Crippen MR) is 89.0 cm³/mol. The average Bonchev–Trinajstić information content (AvgIpc) is 2.95. The molecule has 21 heavy (non-hydrogen) atoms. The second kappa shape index (κ2) is 6.37. The van der Waals surface area contributed by atoms with E-state index in [1.54, 1.807) is 7.11 Å². The minimum absolute atomic E-state index is 0. The molecule has 2 aromatic rings. The maximum atomic E-state index is 12.7. The first-order valence-corrected chi connectivity index (χ1v) is 7.41. The highest BCUT2D eigenvalue weighted by Crippen LogP contribution is 2.34. The zero-order valence-electron chi connectivity index (χ0n) is 11.7. The van der Waals surface area contributed by atoms with Crippen LogP contribution in [0.1, 0.15) is 21.7 Å². The molecule has 0 bridgehead atoms. The summed E-state index contributed by atoms with van der Waals surface area (Å²) in [5.41, 5.74) is 8.78. The van der Waals surface area contributed by atoms with E-state index in [-0.39, 0.29) is 18.3 Å². The topological polar surface area (TPSA) is 55.6 Å². The quantitative estimate of drug-likeness (QED) is 0.862. The van der Waals surface area contributed by atoms with Crippen molar-refractivity contribution < 1.29 is 9.53 Å². The number of ether oxygens (including phenoxy) is 1. The monoisotopic (exact) mass is 324 g/mol. The fourth-order valence-corrected chi connectivity index (χ4v) is 3.41. The minimum atomic E-state index is -0.0107. The third-order valence-corrected chi connectivity index (χ3v) is 4.46. The van der Waals surface area contributed by atoms with Crippen molar-refractivity contribution >= 4 is 41.0 Å². The van der Waals surface area contributed by atoms with E-state index in [1.807, 2.05) is 34.5 Å². The molecule has 0 atom stereocenters. The Morgan fingerprint density at radius 1 is 1.38 bits per heavy atom. The lowest BCUT2D eigenvalue weighted by atomic mass is 9.99. The van der Waals surface area contributed by atoms with Gasteiger partial charge in [-0.3, -0.25) is 4.79 Å². The molecule has 112 valence electrons. The van der Waals surface area contributed by atoms with Crippen molar-refractivity contribution in [2.75, 3.05) is 24.3 Å². The van der Waals surface area contributed by atoms with E-state index in [9.17, 15) is 4.79 Å². The van der Waals surface area contributed by atoms with Crippen LogP contribution in [0.15, 0.2) is 29.6 Å². The number of carbonyl (C=O) groups excluding carboxylic acids is 1. The van der Waals surface area contributed by atoms with Gasteiger partial charge in [0.25, 0.3) is 5.91 Å². The molecule has 0 radical (unpaired) electrons. The van der Waals surface area contributed by atoms with Gasteiger partial charge in [0.05, 0.1) is 7.11 Å². The van der Waals surface area contributed by atoms with Crippen LogP contribution in [0.25, 0.3) is 0 Å². The molecule has 1 aliphatic heterocycles. The van der Waals surface area contributed by atoms with E-state index in [0.717, 1.165) is 36.3 Å². The molecule has 1 aliphatic rings. The van der Waals surface area contributed by atoms with E-state index in [0.29, 0.717) is 10.6 Å². The van der Waals surface area contributed by atoms with Gasteiger partial charge in [-0.05, 0) is 42.0 Å². The third kappa shape index (κ3) is 2.71. The standard InChI is InChI=1S/C15H16N2O2S.ClH/c1-19-13-7-9-20-14(13)15(18)17-8-3-4-10-11(16)5-2-6-12(10)17;/h2,5-7,9H,3-4,8,16H2,1H3;1H. The van der Waals surface area contributed by atoms with Crippen LogP contribution in [-0.4, -0.2) is 19.6 Å². The van der Waals surface area contributed by atoms with E-state index < -0.39 is 0 Å². The number of nitrogens with two attached hydrogens (primary N) is 1. The zero-order chi connectivity index (χ0) is 14.1. The fraction of sp³-hybridized carbons (Fsp3) is 0.267. The summed E-state index contributed by atoms with van der Waals surface area (Å²) in [6.07, 6.45) is 1.86. The number of fused-ring (bicyclic) bond motifs is 1. The lowest BCUT2D eigenvalue weighted by molar-refractivity contribution is 0.0986. The highest BCUT2D eigenvalue weighted by Gasteiger charge is 2.27. The van der Waals surface area contributed by atoms with Crippen molar-refractivity contribution in [1.82, 2.24) is 0 Å². The van der Waals surface area contributed by atoms with E-state index in [2.05, 4.69) is 0 Å². The normalized spacial score (nSPS) is 13.3. The Balaban J connectivity index is 0.00000161. The summed E-state index contributed by atoms with van der Waals surface area (Å²) in [4.78, 5) is 15.2. The van der Waals surface area contributed by atoms with Crippen LogP contribution < -0.4 is 15.4 Å². The molecular weight excluding hydrogens is 308 g/mol. The second-order valence-corrected chi connectivity index (χ2v) is 5.64. The highest BCUT2D eigenvalue weighted by molar-refractivity contribution is 7.12. The van der Waals surface area contributed by atoms with Crippen molar-refractivity contribution in [3.63, 3.8) is 0 Å². The maximum absolute atomic E-state index is 12.7. The number of nitrogens with zero attached hydrogens (tertiary/aromatic N) is 1. The summed E-state index contributed by atoms with van der Waals surface area (Å²) < 4.78 is 5.25. The van der Waals surface area contributed by atoms with Gasteiger partial charge < -0.3 is 15.4 Å². The molecular formula is C15H17ClN2O2S. The Morgan fingerprint density at radius 2 is 2.19 bits per heavy atom. The van der Waals surface area contributed by atoms with Gasteiger partial charge in [0.15, 0.2) is 0 Å². The first-order valence-electron chi connectivity index (χ1n) is 6.53. The van der Waals surface area contributed by atoms with Crippen molar-refractivity contribution in [1.29, 1.82) is 0 Å². The molecule has 1 aromatic carbocycles. The summed E-state index contributed by atoms with van der Waals surface area (Å²) in [6, 6.07) is 7.56. The summed E-state index contributed by atoms with van der Waals surface area (Å²) in [6.45, 7) is 0.719. The summed E-state index contributed by atoms with van der Waals surface area (Å²) >= 11 is 1.41. The van der Waals surface area contributed by atoms with Crippen molar-refractivity contribution in [2.24, 2.45) is 0 Å². The van der Waals surface area contributed by atoms with Gasteiger partial charge in [0, 0.05) is 17.9 Å². The molecule has 0 spiro atoms. The molecule has 1 aromatic heterocycles. The summed E-state index contributed by atoms with van der Waals surface area (Å²) in [7, 11) is 1.58. The number of nitrogen functional groups attached to an aromatic ring is 1. The molecule has 4 nitrogen and oxygen atoms in total. The SMILES string of the molecule is COc1ccsc1C(=O)N1CCCc2c(N)cccc21.Cl. The third-order valence-electron chi connectivity index (χ3n) is 3.58. The minimum Gasteiger partial charge on any atom is -0.495 e. The Morgan fingerprint density at radius 3 is 2.95 bits per heavy atom. The van der Waals surface area contributed by atoms with E-state index in [1.165, 1.54) is 11.3 Å². The number of methoxy groups -OCH3 is 1. The zero-order valence-corrected chi connectivity index (χ0v) is 13.3. The first kappa shape index (κ1) is 15.7. The fourth-order valence-electron chi connectivity index (χ4n) is 2.60. The van der Waals surface area contributed by atoms with Gasteiger partial charge in [-0.2, -0.15) is 0 Å². The Labute approximate surface area is 133 Å². The van der Waals surface area contributed by atoms with Crippen LogP contribution in [0.3, 0.4) is 0 Å². The van der Waals surface area contributed by atoms with Crippen LogP contribution in [0.2, 0.25) is 0 Å². The Kier molecular flexibility index (Phi) is 4.75.